The third kappa shape index (κ3) is 20.9. The fourth-order valence-corrected chi connectivity index (χ4v) is 12.3. The normalized spacial score (nSPS) is 14.8. The minimum Gasteiger partial charge on any atom is -0.341 e. The quantitative estimate of drug-likeness (QED) is 0.114. The van der Waals surface area contributed by atoms with Crippen LogP contribution in [-0.2, 0) is 19.6 Å². The number of hydrogen-bond donors (Lipinski definition) is 0. The van der Waals surface area contributed by atoms with Gasteiger partial charge in [0.1, 0.15) is 6.33 Å². The molecule has 0 atom stereocenters. The van der Waals surface area contributed by atoms with Crippen LogP contribution in [0.5, 0.6) is 0 Å². The van der Waals surface area contributed by atoms with Crippen LogP contribution >= 0.6 is 0 Å². The van der Waals surface area contributed by atoms with Gasteiger partial charge >= 0.3 is 0 Å². The molecule has 0 saturated carbocycles. The molecular formula is C95H113N5. The van der Waals surface area contributed by atoms with Crippen molar-refractivity contribution in [2.24, 2.45) is 0 Å². The average Bonchev–Trinajstić information content (AvgIpc) is 1.64. The Morgan fingerprint density at radius 1 is 0.530 bits per heavy atom. The van der Waals surface area contributed by atoms with Crippen molar-refractivity contribution >= 4 is 80.2 Å². The minimum absolute atomic E-state index is 0.920. The lowest BCUT2D eigenvalue weighted by Crippen LogP contribution is -2.29. The lowest BCUT2D eigenvalue weighted by molar-refractivity contribution is 0.737. The van der Waals surface area contributed by atoms with Gasteiger partial charge in [-0.3, -0.25) is 0 Å². The smallest absolute Gasteiger partial charge is 0.116 e. The summed E-state index contributed by atoms with van der Waals surface area (Å²) in [5.74, 6) is 0. The van der Waals surface area contributed by atoms with Gasteiger partial charge < -0.3 is 13.7 Å². The number of aryl methyl sites for hydroxylation is 2. The van der Waals surface area contributed by atoms with Gasteiger partial charge in [-0.1, -0.05) is 282 Å². The van der Waals surface area contributed by atoms with E-state index in [4.69, 9.17) is 0 Å². The van der Waals surface area contributed by atoms with Gasteiger partial charge in [-0.05, 0) is 191 Å². The van der Waals surface area contributed by atoms with Crippen LogP contribution in [0.2, 0.25) is 0 Å². The summed E-state index contributed by atoms with van der Waals surface area (Å²) in [5, 5.41) is 9.52. The Morgan fingerprint density at radius 2 is 1.09 bits per heavy atom. The van der Waals surface area contributed by atoms with E-state index in [1.54, 1.807) is 6.33 Å². The molecule has 0 amide bonds. The molecule has 0 bridgehead atoms. The summed E-state index contributed by atoms with van der Waals surface area (Å²) in [6.45, 7) is 72.6. The number of aromatic nitrogens is 5. The third-order valence-corrected chi connectivity index (χ3v) is 16.8. The van der Waals surface area contributed by atoms with Crippen LogP contribution in [0.3, 0.4) is 0 Å². The molecular weight excluding hydrogens is 1210 g/mol. The fourth-order valence-electron chi connectivity index (χ4n) is 12.3. The van der Waals surface area contributed by atoms with Crippen molar-refractivity contribution in [2.75, 3.05) is 0 Å². The topological polar surface area (TPSA) is 40.6 Å². The molecule has 518 valence electrons. The molecule has 100 heavy (non-hydrogen) atoms. The first-order valence-corrected chi connectivity index (χ1v) is 35.4. The molecule has 0 N–H and O–H groups in total. The van der Waals surface area contributed by atoms with Crippen molar-refractivity contribution in [1.82, 2.24) is 23.7 Å². The van der Waals surface area contributed by atoms with Crippen molar-refractivity contribution < 1.29 is 0 Å². The van der Waals surface area contributed by atoms with Crippen LogP contribution in [-0.4, -0.2) is 23.7 Å². The van der Waals surface area contributed by atoms with Crippen LogP contribution in [0.1, 0.15) is 134 Å². The van der Waals surface area contributed by atoms with E-state index in [-0.39, 0.29) is 0 Å². The van der Waals surface area contributed by atoms with E-state index < -0.39 is 0 Å². The van der Waals surface area contributed by atoms with Gasteiger partial charge in [-0.15, -0.1) is 0 Å². The van der Waals surface area contributed by atoms with Crippen LogP contribution in [0.4, 0.5) is 0 Å². The second-order valence-electron chi connectivity index (χ2n) is 22.3. The highest BCUT2D eigenvalue weighted by molar-refractivity contribution is 6.08. The number of para-hydroxylation sites is 4. The van der Waals surface area contributed by atoms with Crippen LogP contribution in [0, 0.1) is 0 Å². The van der Waals surface area contributed by atoms with E-state index in [2.05, 4.69) is 265 Å². The van der Waals surface area contributed by atoms with Crippen molar-refractivity contribution in [3.05, 3.63) is 359 Å². The number of allylic oxidation sites excluding steroid dienone is 26. The number of fused-ring (bicyclic) bond motifs is 6. The first-order valence-electron chi connectivity index (χ1n) is 35.4. The predicted octanol–water partition coefficient (Wildman–Crippen LogP) is 24.1. The first kappa shape index (κ1) is 83.4. The summed E-state index contributed by atoms with van der Waals surface area (Å²) in [5.41, 5.74) is 28.7. The maximum absolute atomic E-state index is 4.14. The minimum atomic E-state index is 0.920. The Labute approximate surface area is 601 Å². The summed E-state index contributed by atoms with van der Waals surface area (Å²) >= 11 is 0. The third-order valence-electron chi connectivity index (χ3n) is 16.8. The molecule has 5 heteroatoms. The maximum Gasteiger partial charge on any atom is 0.116 e. The van der Waals surface area contributed by atoms with Crippen molar-refractivity contribution in [1.29, 1.82) is 0 Å². The monoisotopic (exact) mass is 1320 g/mol. The molecule has 12 rings (SSSR count). The molecule has 8 aromatic rings. The van der Waals surface area contributed by atoms with Crippen LogP contribution in [0.15, 0.2) is 326 Å². The summed E-state index contributed by atoms with van der Waals surface area (Å²) < 4.78 is 6.84. The van der Waals surface area contributed by atoms with Gasteiger partial charge in [0.25, 0.3) is 0 Å². The summed E-state index contributed by atoms with van der Waals surface area (Å²) in [7, 11) is 0. The molecule has 4 aliphatic carbocycles. The Hall–Kier alpha value is -10.8. The van der Waals surface area contributed by atoms with Crippen molar-refractivity contribution in [3.8, 4) is 0 Å². The van der Waals surface area contributed by atoms with E-state index in [0.717, 1.165) is 82.4 Å². The number of hydrogen-bond acceptors (Lipinski definition) is 2. The van der Waals surface area contributed by atoms with Gasteiger partial charge in [0, 0.05) is 85.8 Å². The fraction of sp³-hybridized carbons (Fsp3) is 0.221. The highest BCUT2D eigenvalue weighted by Crippen LogP contribution is 2.38. The van der Waals surface area contributed by atoms with E-state index in [1.807, 2.05) is 153 Å². The molecule has 0 aliphatic heterocycles. The van der Waals surface area contributed by atoms with E-state index in [1.165, 1.54) is 99.4 Å². The van der Waals surface area contributed by atoms with Crippen molar-refractivity contribution in [3.63, 3.8) is 0 Å². The zero-order chi connectivity index (χ0) is 74.3. The van der Waals surface area contributed by atoms with Gasteiger partial charge in [0.2, 0.25) is 0 Å². The second-order valence-corrected chi connectivity index (χ2v) is 22.3. The molecule has 0 unspecified atom stereocenters. The molecule has 4 heterocycles. The lowest BCUT2D eigenvalue weighted by Gasteiger charge is -2.02. The van der Waals surface area contributed by atoms with E-state index in [0.29, 0.717) is 0 Å². The molecule has 4 aromatic heterocycles. The van der Waals surface area contributed by atoms with Gasteiger partial charge in [-0.25, -0.2) is 9.97 Å². The Morgan fingerprint density at radius 3 is 1.60 bits per heavy atom. The van der Waals surface area contributed by atoms with Crippen LogP contribution in [0.25, 0.3) is 80.2 Å². The molecule has 5 nitrogen and oxygen atoms in total. The predicted molar refractivity (Wildman–Crippen MR) is 450 cm³/mol. The Balaban J connectivity index is 0.000000300. The van der Waals surface area contributed by atoms with Crippen molar-refractivity contribution in [2.45, 2.75) is 143 Å². The molecule has 0 saturated heterocycles. The highest BCUT2D eigenvalue weighted by atomic mass is 15.0. The maximum atomic E-state index is 4.14. The molecule has 0 radical (unpaired) electrons. The summed E-state index contributed by atoms with van der Waals surface area (Å²) in [4.78, 5) is 7.97. The van der Waals surface area contributed by atoms with E-state index in [9.17, 15) is 0 Å². The average molecular weight is 1320 g/mol. The first-order chi connectivity index (χ1) is 48.7. The summed E-state index contributed by atoms with van der Waals surface area (Å²) in [6.07, 6.45) is 42.2. The van der Waals surface area contributed by atoms with Crippen LogP contribution < -0.4 is 21.1 Å². The zero-order valence-corrected chi connectivity index (χ0v) is 63.3. The zero-order valence-electron chi connectivity index (χ0n) is 63.3. The standard InChI is InChI=1S/C14H13N.C14H15N.C14H13N.3C13H16.C8H6N2.3C2H6/c1-2-15-13-9-5-3-7-11(13)12-8-4-6-10-14(12)15;1-4-8-13-11(3)12-9-6-7-10-14(12)15(13)5-2;1-4-11-12-9-7-8-10-14(12)15(6-3)13(11)5-2;2*1-5-7-12-9-10(3)13(8-6-2)11(12)4;1-5-10-9-11(6-2)13(8-4)12(10)7-3;1-2-4-8-7(3-1)5-9-6-10-8;3*1-2/h3-10H,2H2,1H3;4,6-10H,1,3,5H2,2H3;4-5,8,10H,1-2,6H2,3H3;5-8H,2-3,9H2,1,4H3;5-8H,1,4,9H2,2-3H3;5-8H,1,3,9H2,2,4H3;1-6H;3*1-2H3/b;13-8+;;7-5-,13-8+;8-6-,12-7-;11-6-,13-8+;;;;. The number of benzene rings is 4. The Bertz CT molecular complexity index is 4730. The molecule has 0 fully saturated rings. The summed E-state index contributed by atoms with van der Waals surface area (Å²) in [6, 6.07) is 33.5. The molecule has 0 spiro atoms. The Kier molecular flexibility index (Phi) is 37.5. The highest BCUT2D eigenvalue weighted by Gasteiger charge is 2.20. The molecule has 4 aliphatic rings. The molecule has 4 aromatic carbocycles. The number of rotatable bonds is 12. The van der Waals surface area contributed by atoms with Gasteiger partial charge in [0.15, 0.2) is 0 Å². The SMILES string of the molecule is C=C/C=C1/CC(C)=C(/C=C\C)C1=C.C=C/C=C1\C(=C)CC(/C=C\C)=C1C.C=C/C=c1\c(=C)c2ccccc2n1CC.C=CC1=C(C=C)C(=C/C)/C(=C\C)C1.C=Cc1c(C=C)n(CC)c2c1=C=C=CC=2.CC.CC.CC.CCn1c2ccccc2c2ccccc21.c1ccc2ncncc2c1. The van der Waals surface area contributed by atoms with E-state index >= 15 is 0 Å². The van der Waals surface area contributed by atoms with Gasteiger partial charge in [-0.2, -0.15) is 0 Å². The number of nitrogens with zero attached hydrogens (tertiary/aromatic N) is 5. The van der Waals surface area contributed by atoms with Gasteiger partial charge in [0.05, 0.1) is 16.1 Å². The second kappa shape index (κ2) is 44.9. The lowest BCUT2D eigenvalue weighted by atomic mass is 10.0. The largest absolute Gasteiger partial charge is 0.341 e.